The molecule has 6 rings (SSSR count). The van der Waals surface area contributed by atoms with Crippen LogP contribution >= 0.6 is 0 Å². The molecule has 0 aromatic rings. The molecule has 2 heterocycles. The van der Waals surface area contributed by atoms with E-state index in [9.17, 15) is 9.59 Å². The molecule has 2 saturated heterocycles. The first-order chi connectivity index (χ1) is 11.6. The zero-order valence-electron chi connectivity index (χ0n) is 13.7. The Morgan fingerprint density at radius 3 is 1.38 bits per heavy atom. The van der Waals surface area contributed by atoms with Gasteiger partial charge in [0, 0.05) is 25.7 Å². The lowest BCUT2D eigenvalue weighted by Crippen LogP contribution is -2.28. The number of rotatable bonds is 0. The minimum Gasteiger partial charge on any atom is -0.454 e. The molecule has 0 unspecified atom stereocenters. The molecule has 24 heavy (non-hydrogen) atoms. The van der Waals surface area contributed by atoms with Crippen LogP contribution in [0.5, 0.6) is 0 Å². The molecule has 124 valence electrons. The third kappa shape index (κ3) is 1.42. The molecule has 2 aliphatic heterocycles. The first-order valence-electron chi connectivity index (χ1n) is 9.22. The van der Waals surface area contributed by atoms with Crippen LogP contribution in [0, 0.1) is 0 Å². The number of esters is 2. The molecule has 0 amide bonds. The zero-order valence-corrected chi connectivity index (χ0v) is 13.7. The van der Waals surface area contributed by atoms with Gasteiger partial charge in [0.25, 0.3) is 0 Å². The van der Waals surface area contributed by atoms with Gasteiger partial charge in [0.2, 0.25) is 0 Å². The number of hydrogen-bond acceptors (Lipinski definition) is 4. The second-order valence-electron chi connectivity index (χ2n) is 8.16. The molecule has 0 radical (unpaired) electrons. The molecule has 6 aliphatic rings. The van der Waals surface area contributed by atoms with Crippen LogP contribution in [-0.4, -0.2) is 23.1 Å². The Hall–Kier alpha value is -1.84. The van der Waals surface area contributed by atoms with Crippen molar-refractivity contribution in [2.75, 3.05) is 0 Å². The van der Waals surface area contributed by atoms with E-state index < -0.39 is 0 Å². The molecule has 0 aromatic carbocycles. The van der Waals surface area contributed by atoms with Gasteiger partial charge in [-0.1, -0.05) is 0 Å². The normalized spacial score (nSPS) is 39.5. The quantitative estimate of drug-likeness (QED) is 0.641. The zero-order chi connectivity index (χ0) is 16.1. The topological polar surface area (TPSA) is 52.6 Å². The minimum atomic E-state index is -0.284. The van der Waals surface area contributed by atoms with E-state index in [-0.39, 0.29) is 23.1 Å². The number of ether oxygens (including phenoxy) is 2. The molecule has 4 heteroatoms. The van der Waals surface area contributed by atoms with E-state index in [1.165, 1.54) is 33.4 Å². The second-order valence-corrected chi connectivity index (χ2v) is 8.16. The van der Waals surface area contributed by atoms with Crippen molar-refractivity contribution in [1.29, 1.82) is 0 Å². The van der Waals surface area contributed by atoms with Crippen LogP contribution < -0.4 is 0 Å². The van der Waals surface area contributed by atoms with Crippen LogP contribution in [0.15, 0.2) is 33.4 Å². The number of carbonyl (C=O) groups is 2. The first-order valence-corrected chi connectivity index (χ1v) is 9.22. The molecule has 2 fully saturated rings. The monoisotopic (exact) mass is 324 g/mol. The molecule has 2 spiro atoms. The molecule has 0 aromatic heterocycles. The molecule has 0 bridgehead atoms. The predicted molar refractivity (Wildman–Crippen MR) is 84.9 cm³/mol. The molecule has 2 atom stereocenters. The fourth-order valence-corrected chi connectivity index (χ4v) is 6.18. The standard InChI is InChI=1S/C20H20O4/c21-17-3-7-19(23-17)5-1-11-13-9-16-12(14(13)10-15(11)19)2-6-20(16)8-4-18(22)24-20/h1-10H2/t19-,20-/m1/s1. The van der Waals surface area contributed by atoms with Gasteiger partial charge in [-0.05, 0) is 72.0 Å². The van der Waals surface area contributed by atoms with Crippen molar-refractivity contribution in [3.8, 4) is 0 Å². The number of hydrogen-bond donors (Lipinski definition) is 0. The summed E-state index contributed by atoms with van der Waals surface area (Å²) in [6.07, 6.45) is 8.77. The van der Waals surface area contributed by atoms with Gasteiger partial charge in [-0.25, -0.2) is 0 Å². The van der Waals surface area contributed by atoms with Crippen LogP contribution in [0.25, 0.3) is 0 Å². The lowest BCUT2D eigenvalue weighted by molar-refractivity contribution is -0.146. The van der Waals surface area contributed by atoms with Crippen molar-refractivity contribution < 1.29 is 19.1 Å². The maximum Gasteiger partial charge on any atom is 0.306 e. The average Bonchev–Trinajstić information content (AvgIpc) is 3.31. The maximum atomic E-state index is 11.7. The van der Waals surface area contributed by atoms with Gasteiger partial charge in [0.05, 0.1) is 0 Å². The van der Waals surface area contributed by atoms with Crippen LogP contribution in [0.1, 0.15) is 64.2 Å². The smallest absolute Gasteiger partial charge is 0.306 e. The van der Waals surface area contributed by atoms with Crippen molar-refractivity contribution in [2.45, 2.75) is 75.4 Å². The Balaban J connectivity index is 1.35. The summed E-state index contributed by atoms with van der Waals surface area (Å²) in [5.41, 5.74) is 8.13. The van der Waals surface area contributed by atoms with E-state index in [1.807, 2.05) is 0 Å². The van der Waals surface area contributed by atoms with Crippen LogP contribution in [0.2, 0.25) is 0 Å². The van der Waals surface area contributed by atoms with Gasteiger partial charge in [-0.3, -0.25) is 9.59 Å². The van der Waals surface area contributed by atoms with Gasteiger partial charge in [0.1, 0.15) is 11.2 Å². The van der Waals surface area contributed by atoms with Gasteiger partial charge in [-0.15, -0.1) is 0 Å². The number of fused-ring (bicyclic) bond motifs is 4. The first kappa shape index (κ1) is 13.5. The second kappa shape index (κ2) is 4.04. The van der Waals surface area contributed by atoms with Crippen molar-refractivity contribution in [3.05, 3.63) is 33.4 Å². The van der Waals surface area contributed by atoms with Crippen molar-refractivity contribution in [1.82, 2.24) is 0 Å². The Morgan fingerprint density at radius 2 is 1.00 bits per heavy atom. The maximum absolute atomic E-state index is 11.7. The summed E-state index contributed by atoms with van der Waals surface area (Å²) < 4.78 is 11.6. The summed E-state index contributed by atoms with van der Waals surface area (Å²) in [5, 5.41) is 0. The summed E-state index contributed by atoms with van der Waals surface area (Å²) in [4.78, 5) is 23.4. The highest BCUT2D eigenvalue weighted by Crippen LogP contribution is 2.62. The molecule has 0 N–H and O–H groups in total. The fraction of sp³-hybridized carbons (Fsp3) is 0.600. The molecular weight excluding hydrogens is 304 g/mol. The fourth-order valence-electron chi connectivity index (χ4n) is 6.18. The van der Waals surface area contributed by atoms with Crippen molar-refractivity contribution in [3.63, 3.8) is 0 Å². The highest BCUT2D eigenvalue weighted by molar-refractivity contribution is 5.77. The van der Waals surface area contributed by atoms with Gasteiger partial charge in [-0.2, -0.15) is 0 Å². The van der Waals surface area contributed by atoms with E-state index in [1.54, 1.807) is 0 Å². The Labute approximate surface area is 140 Å². The number of allylic oxidation sites excluding steroid dienone is 4. The highest BCUT2D eigenvalue weighted by atomic mass is 16.6. The van der Waals surface area contributed by atoms with Gasteiger partial charge < -0.3 is 9.47 Å². The van der Waals surface area contributed by atoms with E-state index in [0.29, 0.717) is 12.8 Å². The van der Waals surface area contributed by atoms with E-state index >= 15 is 0 Å². The lowest BCUT2D eigenvalue weighted by atomic mass is 9.87. The molecule has 0 saturated carbocycles. The molecule has 4 aliphatic carbocycles. The summed E-state index contributed by atoms with van der Waals surface area (Å²) in [7, 11) is 0. The minimum absolute atomic E-state index is 0.0339. The largest absolute Gasteiger partial charge is 0.454 e. The Bertz CT molecular complexity index is 759. The van der Waals surface area contributed by atoms with Crippen LogP contribution in [0.4, 0.5) is 0 Å². The average molecular weight is 324 g/mol. The summed E-state index contributed by atoms with van der Waals surface area (Å²) >= 11 is 0. The summed E-state index contributed by atoms with van der Waals surface area (Å²) in [5.74, 6) is -0.0678. The van der Waals surface area contributed by atoms with E-state index in [2.05, 4.69) is 0 Å². The summed E-state index contributed by atoms with van der Waals surface area (Å²) in [6, 6.07) is 0. The third-order valence-electron chi connectivity index (χ3n) is 7.27. The lowest BCUT2D eigenvalue weighted by Gasteiger charge is -2.26. The molecular formula is C20H20O4. The van der Waals surface area contributed by atoms with Gasteiger partial charge >= 0.3 is 11.9 Å². The van der Waals surface area contributed by atoms with Crippen molar-refractivity contribution >= 4 is 11.9 Å². The van der Waals surface area contributed by atoms with Gasteiger partial charge in [0.15, 0.2) is 0 Å². The van der Waals surface area contributed by atoms with Crippen LogP contribution in [0.3, 0.4) is 0 Å². The van der Waals surface area contributed by atoms with E-state index in [0.717, 1.165) is 51.4 Å². The summed E-state index contributed by atoms with van der Waals surface area (Å²) in [6.45, 7) is 0. The Kier molecular flexibility index (Phi) is 2.26. The highest BCUT2D eigenvalue weighted by Gasteiger charge is 2.56. The van der Waals surface area contributed by atoms with Crippen LogP contribution in [-0.2, 0) is 19.1 Å². The third-order valence-corrected chi connectivity index (χ3v) is 7.27. The predicted octanol–water partition coefficient (Wildman–Crippen LogP) is 3.42. The molecule has 4 nitrogen and oxygen atoms in total. The SMILES string of the molecule is O=C1CC[C@@]2(CCC3=C2CC2=C3CC3=C2CC[C@@]32CCC(=O)O2)O1. The number of carbonyl (C=O) groups excluding carboxylic acids is 2. The van der Waals surface area contributed by atoms with E-state index in [4.69, 9.17) is 9.47 Å². The van der Waals surface area contributed by atoms with Crippen molar-refractivity contribution in [2.24, 2.45) is 0 Å². The Morgan fingerprint density at radius 1 is 0.583 bits per heavy atom.